The third-order valence-corrected chi connectivity index (χ3v) is 23.4. The van der Waals surface area contributed by atoms with Crippen molar-refractivity contribution in [1.82, 2.24) is 39.9 Å². The second kappa shape index (κ2) is 30.1. The van der Waals surface area contributed by atoms with Crippen LogP contribution in [0.2, 0.25) is 0 Å². The number of rotatable bonds is 10. The zero-order valence-corrected chi connectivity index (χ0v) is 72.6. The predicted molar refractivity (Wildman–Crippen MR) is 496 cm³/mol. The first-order valence-electron chi connectivity index (χ1n) is 41.2. The van der Waals surface area contributed by atoms with Crippen LogP contribution in [0.3, 0.4) is 0 Å². The minimum Gasteiger partial charge on any atom is -0.465 e. The summed E-state index contributed by atoms with van der Waals surface area (Å²) in [6, 6.07) is 60.5. The lowest BCUT2D eigenvalue weighted by atomic mass is 9.78. The molecule has 0 radical (unpaired) electrons. The van der Waals surface area contributed by atoms with Gasteiger partial charge in [-0.25, -0.2) is 34.3 Å². The number of benzene rings is 6. The summed E-state index contributed by atoms with van der Waals surface area (Å²) >= 11 is 0. The van der Waals surface area contributed by atoms with Gasteiger partial charge in [0.15, 0.2) is 0 Å². The Morgan fingerprint density at radius 2 is 0.375 bits per heavy atom. The topological polar surface area (TPSA) is 194 Å². The number of carbonyl (C=O) groups excluding carboxylic acids is 3. The van der Waals surface area contributed by atoms with Crippen LogP contribution in [0.1, 0.15) is 235 Å². The van der Waals surface area contributed by atoms with Gasteiger partial charge in [0, 0.05) is 88.6 Å². The average Bonchev–Trinajstić information content (AvgIpc) is 1.59. The molecule has 4 aliphatic heterocycles. The van der Waals surface area contributed by atoms with Crippen LogP contribution < -0.4 is 0 Å². The van der Waals surface area contributed by atoms with Crippen molar-refractivity contribution < 1.29 is 28.6 Å². The van der Waals surface area contributed by atoms with Gasteiger partial charge in [-0.2, -0.15) is 0 Å². The summed E-state index contributed by atoms with van der Waals surface area (Å²) < 4.78 is 15.7. The van der Waals surface area contributed by atoms with Crippen molar-refractivity contribution in [2.45, 2.75) is 157 Å². The highest BCUT2D eigenvalue weighted by atomic mass is 16.5. The van der Waals surface area contributed by atoms with E-state index in [-0.39, 0.29) is 32.5 Å². The fraction of sp³-hybridized carbons (Fsp3) is 0.255. The summed E-state index contributed by atoms with van der Waals surface area (Å²) in [5.74, 6) is -1.39. The summed E-state index contributed by atoms with van der Waals surface area (Å²) in [7, 11) is 4.13. The summed E-state index contributed by atoms with van der Waals surface area (Å²) in [5.41, 5.74) is 30.7. The molecule has 6 aromatic heterocycles. The molecule has 0 saturated carbocycles. The zero-order chi connectivity index (χ0) is 85.2. The Labute approximate surface area is 702 Å². The minimum absolute atomic E-state index is 0.192. The molecule has 0 atom stereocenters. The Morgan fingerprint density at radius 1 is 0.217 bits per heavy atom. The lowest BCUT2D eigenvalue weighted by molar-refractivity contribution is 0.0592. The van der Waals surface area contributed by atoms with Crippen molar-refractivity contribution in [2.75, 3.05) is 21.3 Å². The molecule has 4 aliphatic rings. The van der Waals surface area contributed by atoms with E-state index in [0.29, 0.717) is 61.8 Å². The zero-order valence-electron chi connectivity index (χ0n) is 72.6. The van der Waals surface area contributed by atoms with E-state index < -0.39 is 17.9 Å². The van der Waals surface area contributed by atoms with Gasteiger partial charge in [0.1, 0.15) is 0 Å². The normalized spacial score (nSPS) is 13.0. The molecule has 16 rings (SSSR count). The highest BCUT2D eigenvalue weighted by Gasteiger charge is 2.31. The third-order valence-electron chi connectivity index (χ3n) is 23.4. The Bertz CT molecular complexity index is 6510. The van der Waals surface area contributed by atoms with Crippen LogP contribution in [0.5, 0.6) is 0 Å². The first-order valence-corrected chi connectivity index (χ1v) is 41.2. The molecular weight excluding hydrogens is 1480 g/mol. The smallest absolute Gasteiger partial charge is 0.337 e. The molecule has 0 spiro atoms. The molecule has 14 nitrogen and oxygen atoms in total. The van der Waals surface area contributed by atoms with E-state index in [4.69, 9.17) is 34.1 Å². The first kappa shape index (κ1) is 80.7. The maximum Gasteiger partial charge on any atom is 0.337 e. The third kappa shape index (κ3) is 15.4. The number of H-pyrrole nitrogens is 4. The Morgan fingerprint density at radius 3 is 0.542 bits per heavy atom. The van der Waals surface area contributed by atoms with Gasteiger partial charge >= 0.3 is 17.9 Å². The van der Waals surface area contributed by atoms with Gasteiger partial charge in [-0.1, -0.05) is 216 Å². The quantitative estimate of drug-likeness (QED) is 0.0756. The molecule has 0 aliphatic carbocycles. The van der Waals surface area contributed by atoms with Crippen LogP contribution in [-0.2, 0) is 46.7 Å². The number of methoxy groups -OCH3 is 3. The van der Waals surface area contributed by atoms with E-state index in [0.717, 1.165) is 123 Å². The van der Waals surface area contributed by atoms with Gasteiger partial charge in [0.2, 0.25) is 0 Å². The Hall–Kier alpha value is -13.1. The number of hydrogen-bond acceptors (Lipinski definition) is 10. The molecule has 604 valence electrons. The Kier molecular flexibility index (Phi) is 20.2. The van der Waals surface area contributed by atoms with Crippen LogP contribution in [-0.4, -0.2) is 79.1 Å². The van der Waals surface area contributed by atoms with E-state index >= 15 is 0 Å². The molecule has 0 unspecified atom stereocenters. The van der Waals surface area contributed by atoms with Gasteiger partial charge < -0.3 is 34.1 Å². The van der Waals surface area contributed by atoms with Crippen LogP contribution in [0.4, 0.5) is 0 Å². The number of carbonyl (C=O) groups is 3. The fourth-order valence-corrected chi connectivity index (χ4v) is 16.3. The van der Waals surface area contributed by atoms with Crippen LogP contribution >= 0.6 is 0 Å². The number of esters is 3. The van der Waals surface area contributed by atoms with Gasteiger partial charge in [0.25, 0.3) is 0 Å². The lowest BCUT2D eigenvalue weighted by Gasteiger charge is -2.26. The standard InChI is InChI=1S/C106H104N8O6/c1-101(2,3)68-50-65(51-69(56-68)102(4,5)6)93-80-38-40-82(109-80)94(66-52-70(103(7,8)9)57-71(53-66)104(10,11)12)84-44-48-88(113-84)97(89-49-45-85(114-89)95(83-41-39-81(93)110-83)67-54-72(105(13,14)15)58-73(55-67)106(16,17)18)96-86-46-42-78(111-86)91(60-24-30-63(31-25-60)99(116)119-20)76-36-34-74(107-76)90(59-22-28-62(29-23-59)98(115)118-19)75-35-37-77(108-75)92(79-43-47-87(96)112-79)61-26-32-64(33-27-61)100(117)120-21/h22-58,107,109,112,114H,1-21H3. The lowest BCUT2D eigenvalue weighted by Crippen LogP contribution is -2.16. The number of aromatic amines is 4. The largest absolute Gasteiger partial charge is 0.465 e. The van der Waals surface area contributed by atoms with Gasteiger partial charge in [-0.3, -0.25) is 0 Å². The minimum atomic E-state index is -0.463. The van der Waals surface area contributed by atoms with Crippen molar-refractivity contribution in [3.63, 3.8) is 0 Å². The number of fused-ring (bicyclic) bond motifs is 16. The van der Waals surface area contributed by atoms with E-state index in [9.17, 15) is 14.4 Å². The van der Waals surface area contributed by atoms with E-state index in [1.54, 1.807) is 36.4 Å². The van der Waals surface area contributed by atoms with E-state index in [1.807, 2.05) is 60.7 Å². The van der Waals surface area contributed by atoms with Gasteiger partial charge in [-0.05, 0) is 233 Å². The number of hydrogen-bond donors (Lipinski definition) is 4. The van der Waals surface area contributed by atoms with Crippen LogP contribution in [0.25, 0.3) is 171 Å². The molecule has 4 N–H and O–H groups in total. The van der Waals surface area contributed by atoms with E-state index in [2.05, 4.69) is 272 Å². The highest BCUT2D eigenvalue weighted by Crippen LogP contribution is 2.47. The van der Waals surface area contributed by atoms with Crippen molar-refractivity contribution >= 4 is 111 Å². The summed E-state index contributed by atoms with van der Waals surface area (Å²) in [4.78, 5) is 79.3. The number of nitrogens with one attached hydrogen (secondary N) is 4. The predicted octanol–water partition coefficient (Wildman–Crippen LogP) is 26.4. The van der Waals surface area contributed by atoms with Crippen LogP contribution in [0, 0.1) is 0 Å². The molecule has 0 amide bonds. The van der Waals surface area contributed by atoms with E-state index in [1.165, 1.54) is 54.7 Å². The first-order chi connectivity index (χ1) is 56.8. The van der Waals surface area contributed by atoms with Gasteiger partial charge in [0.05, 0.1) is 83.6 Å². The molecule has 0 fully saturated rings. The molecule has 10 heterocycles. The maximum absolute atomic E-state index is 13.3. The Balaban J connectivity index is 1.12. The summed E-state index contributed by atoms with van der Waals surface area (Å²) in [6.07, 6.45) is 16.9. The van der Waals surface area contributed by atoms with Crippen LogP contribution in [0.15, 0.2) is 176 Å². The molecule has 14 heteroatoms. The van der Waals surface area contributed by atoms with Crippen molar-refractivity contribution in [3.05, 3.63) is 272 Å². The molecule has 120 heavy (non-hydrogen) atoms. The summed E-state index contributed by atoms with van der Waals surface area (Å²) in [5, 5.41) is 0. The number of ether oxygens (including phenoxy) is 3. The molecule has 12 aromatic rings. The SMILES string of the molecule is COC(=O)c1ccc(-c2c3nc(c(-c4ccc(C(=O)OC)cc4)c4ccc([nH]4)c(-c4c5nc(c(-c6cc(C(C)(C)C)cc(C(C)(C)C)c6)c6ccc([nH]6)c(-c6cc(C(C)(C)C)cc(C(C)(C)C)c6)c6nc(c(-c7cc(C(C)(C)C)cc(C(C)(C)C)c7)c7ccc4[nH]7)C=C6)C=C5)c4nc(c(-c5ccc(C(=O)OC)cc5)c5ccc2[nH]5)C=C4)C=C3)cc1. The average molecular weight is 1590 g/mol. The fourth-order valence-electron chi connectivity index (χ4n) is 16.3. The maximum atomic E-state index is 13.3. The van der Waals surface area contributed by atoms with Crippen molar-refractivity contribution in [2.24, 2.45) is 0 Å². The molecule has 0 saturated heterocycles. The molecular formula is C106H104N8O6. The van der Waals surface area contributed by atoms with Crippen molar-refractivity contribution in [1.29, 1.82) is 0 Å². The number of aromatic nitrogens is 8. The van der Waals surface area contributed by atoms with Gasteiger partial charge in [-0.15, -0.1) is 0 Å². The molecule has 6 aromatic carbocycles. The van der Waals surface area contributed by atoms with Crippen molar-refractivity contribution in [3.8, 4) is 77.9 Å². The number of nitrogens with zero attached hydrogens (tertiary/aromatic N) is 4. The summed E-state index contributed by atoms with van der Waals surface area (Å²) in [6.45, 7) is 41.2. The second-order valence-corrected chi connectivity index (χ2v) is 38.1. The molecule has 16 bridgehead atoms. The monoisotopic (exact) mass is 1580 g/mol. The highest BCUT2D eigenvalue weighted by molar-refractivity contribution is 6.07. The second-order valence-electron chi connectivity index (χ2n) is 38.1.